The number of thioether (sulfide) groups is 1. The first kappa shape index (κ1) is 23.6. The zero-order chi connectivity index (χ0) is 23.5. The summed E-state index contributed by atoms with van der Waals surface area (Å²) in [6.07, 6.45) is -3.11. The number of hydrogen-bond donors (Lipinski definition) is 2. The highest BCUT2D eigenvalue weighted by molar-refractivity contribution is 8.26. The molecule has 0 atom stereocenters. The predicted octanol–water partition coefficient (Wildman–Crippen LogP) is 4.65. The van der Waals surface area contributed by atoms with Gasteiger partial charge in [-0.3, -0.25) is 14.5 Å². The summed E-state index contributed by atoms with van der Waals surface area (Å²) in [6.45, 7) is 1.56. The van der Waals surface area contributed by atoms with E-state index in [1.165, 1.54) is 24.3 Å². The molecule has 0 aromatic heterocycles. The van der Waals surface area contributed by atoms with Crippen molar-refractivity contribution in [2.24, 2.45) is 0 Å². The van der Waals surface area contributed by atoms with E-state index in [9.17, 15) is 27.9 Å². The molecular weight excluding hydrogens is 465 g/mol. The Hall–Kier alpha value is -3.05. The third-order valence-electron chi connectivity index (χ3n) is 4.26. The van der Waals surface area contributed by atoms with Crippen LogP contribution in [0.15, 0.2) is 47.4 Å². The number of hydrogen-bond acceptors (Lipinski definition) is 6. The van der Waals surface area contributed by atoms with Crippen molar-refractivity contribution in [1.29, 1.82) is 0 Å². The van der Waals surface area contributed by atoms with Gasteiger partial charge in [-0.25, -0.2) is 0 Å². The number of halogens is 3. The third-order valence-corrected chi connectivity index (χ3v) is 5.64. The van der Waals surface area contributed by atoms with Gasteiger partial charge in [0.1, 0.15) is 10.9 Å². The van der Waals surface area contributed by atoms with Gasteiger partial charge in [0.15, 0.2) is 11.5 Å². The van der Waals surface area contributed by atoms with Crippen LogP contribution in [0.4, 0.5) is 18.9 Å². The second-order valence-corrected chi connectivity index (χ2v) is 8.20. The van der Waals surface area contributed by atoms with Crippen LogP contribution < -0.4 is 10.1 Å². The molecule has 1 fully saturated rings. The highest BCUT2D eigenvalue weighted by atomic mass is 32.2. The molecule has 3 rings (SSSR count). The van der Waals surface area contributed by atoms with Crippen molar-refractivity contribution in [3.05, 3.63) is 58.5 Å². The molecule has 1 aliphatic heterocycles. The predicted molar refractivity (Wildman–Crippen MR) is 119 cm³/mol. The Morgan fingerprint density at radius 2 is 2.00 bits per heavy atom. The molecule has 0 saturated carbocycles. The number of rotatable bonds is 6. The van der Waals surface area contributed by atoms with Crippen LogP contribution >= 0.6 is 24.0 Å². The maximum Gasteiger partial charge on any atom is 0.418 e. The number of nitrogens with one attached hydrogen (secondary N) is 1. The number of para-hydroxylation sites is 1. The normalized spacial score (nSPS) is 15.4. The summed E-state index contributed by atoms with van der Waals surface area (Å²) in [5, 5.41) is 12.0. The minimum atomic E-state index is -4.64. The van der Waals surface area contributed by atoms with Gasteiger partial charge in [0.05, 0.1) is 22.8 Å². The second kappa shape index (κ2) is 9.61. The molecule has 11 heteroatoms. The average molecular weight is 483 g/mol. The molecular formula is C21H17F3N2O4S2. The number of carbonyl (C=O) groups is 2. The lowest BCUT2D eigenvalue weighted by atomic mass is 10.1. The SMILES string of the molecule is CCOc1cc(/C=C2\SC(=S)N(CC(=O)Nc3ccccc3C(F)(F)F)C2=O)ccc1O. The molecule has 6 nitrogen and oxygen atoms in total. The smallest absolute Gasteiger partial charge is 0.418 e. The molecule has 1 heterocycles. The Morgan fingerprint density at radius 3 is 2.69 bits per heavy atom. The van der Waals surface area contributed by atoms with Crippen molar-refractivity contribution in [1.82, 2.24) is 4.90 Å². The zero-order valence-corrected chi connectivity index (χ0v) is 18.2. The van der Waals surface area contributed by atoms with Crippen molar-refractivity contribution in [2.75, 3.05) is 18.5 Å². The van der Waals surface area contributed by atoms with Crippen molar-refractivity contribution in [3.63, 3.8) is 0 Å². The van der Waals surface area contributed by atoms with Gasteiger partial charge in [-0.2, -0.15) is 13.2 Å². The van der Waals surface area contributed by atoms with Gasteiger partial charge in [-0.1, -0.05) is 42.2 Å². The molecule has 2 N–H and O–H groups in total. The molecule has 0 unspecified atom stereocenters. The van der Waals surface area contributed by atoms with Crippen LogP contribution in [0.2, 0.25) is 0 Å². The van der Waals surface area contributed by atoms with E-state index in [0.717, 1.165) is 28.8 Å². The number of aromatic hydroxyl groups is 1. The quantitative estimate of drug-likeness (QED) is 0.461. The van der Waals surface area contributed by atoms with Gasteiger partial charge in [-0.05, 0) is 42.8 Å². The second-order valence-electron chi connectivity index (χ2n) is 6.52. The van der Waals surface area contributed by atoms with Crippen LogP contribution in [0.25, 0.3) is 6.08 Å². The van der Waals surface area contributed by atoms with Gasteiger partial charge in [-0.15, -0.1) is 0 Å². The van der Waals surface area contributed by atoms with Crippen molar-refractivity contribution in [3.8, 4) is 11.5 Å². The first-order chi connectivity index (χ1) is 15.1. The first-order valence-electron chi connectivity index (χ1n) is 9.27. The lowest BCUT2D eigenvalue weighted by Gasteiger charge is -2.16. The summed E-state index contributed by atoms with van der Waals surface area (Å²) >= 11 is 6.13. The summed E-state index contributed by atoms with van der Waals surface area (Å²) in [6, 6.07) is 9.10. The number of phenols is 1. The molecule has 2 amide bonds. The van der Waals surface area contributed by atoms with Crippen molar-refractivity contribution >= 4 is 51.9 Å². The van der Waals surface area contributed by atoms with E-state index in [1.807, 2.05) is 0 Å². The number of alkyl halides is 3. The molecule has 168 valence electrons. The maximum atomic E-state index is 13.1. The Labute approximate surface area is 191 Å². The fourth-order valence-electron chi connectivity index (χ4n) is 2.85. The number of benzene rings is 2. The third kappa shape index (κ3) is 5.40. The van der Waals surface area contributed by atoms with E-state index < -0.39 is 35.8 Å². The lowest BCUT2D eigenvalue weighted by molar-refractivity contribution is -0.137. The first-order valence-corrected chi connectivity index (χ1v) is 10.5. The molecule has 2 aromatic carbocycles. The number of phenolic OH excluding ortho intramolecular Hbond substituents is 1. The van der Waals surface area contributed by atoms with E-state index in [0.29, 0.717) is 12.2 Å². The van der Waals surface area contributed by atoms with Gasteiger partial charge in [0, 0.05) is 0 Å². The molecule has 0 radical (unpaired) electrons. The number of nitrogens with zero attached hydrogens (tertiary/aromatic N) is 1. The molecule has 1 saturated heterocycles. The monoisotopic (exact) mass is 482 g/mol. The molecule has 2 aromatic rings. The molecule has 0 aliphatic carbocycles. The standard InChI is InChI=1S/C21H17F3N2O4S2/c1-2-30-16-9-12(7-8-15(16)27)10-17-19(29)26(20(31)32-17)11-18(28)25-14-6-4-3-5-13(14)21(22,23)24/h3-10,27H,2,11H2,1H3,(H,25,28)/b17-10-. The van der Waals surface area contributed by atoms with Crippen LogP contribution in [0.1, 0.15) is 18.1 Å². The fourth-order valence-corrected chi connectivity index (χ4v) is 4.11. The summed E-state index contributed by atoms with van der Waals surface area (Å²) < 4.78 is 44.8. The summed E-state index contributed by atoms with van der Waals surface area (Å²) in [5.41, 5.74) is -0.829. The van der Waals surface area contributed by atoms with Gasteiger partial charge < -0.3 is 15.2 Å². The number of thiocarbonyl (C=S) groups is 1. The topological polar surface area (TPSA) is 78.9 Å². The van der Waals surface area contributed by atoms with Gasteiger partial charge in [0.2, 0.25) is 5.91 Å². The zero-order valence-electron chi connectivity index (χ0n) is 16.6. The Kier molecular flexibility index (Phi) is 7.09. The Morgan fingerprint density at radius 1 is 1.28 bits per heavy atom. The van der Waals surface area contributed by atoms with E-state index in [4.69, 9.17) is 17.0 Å². The average Bonchev–Trinajstić information content (AvgIpc) is 2.97. The molecule has 1 aliphatic rings. The van der Waals surface area contributed by atoms with Crippen molar-refractivity contribution in [2.45, 2.75) is 13.1 Å². The number of amides is 2. The van der Waals surface area contributed by atoms with Crippen LogP contribution in [0.5, 0.6) is 11.5 Å². The highest BCUT2D eigenvalue weighted by Crippen LogP contribution is 2.36. The number of carbonyl (C=O) groups excluding carboxylic acids is 2. The van der Waals surface area contributed by atoms with E-state index in [-0.39, 0.29) is 20.7 Å². The van der Waals surface area contributed by atoms with Gasteiger partial charge in [0.25, 0.3) is 5.91 Å². The van der Waals surface area contributed by atoms with Crippen LogP contribution in [0.3, 0.4) is 0 Å². The van der Waals surface area contributed by atoms with Gasteiger partial charge >= 0.3 is 6.18 Å². The number of ether oxygens (including phenoxy) is 1. The van der Waals surface area contributed by atoms with Crippen LogP contribution in [0, 0.1) is 0 Å². The largest absolute Gasteiger partial charge is 0.504 e. The summed E-state index contributed by atoms with van der Waals surface area (Å²) in [5.74, 6) is -1.17. The lowest BCUT2D eigenvalue weighted by Crippen LogP contribution is -2.36. The van der Waals surface area contributed by atoms with E-state index >= 15 is 0 Å². The van der Waals surface area contributed by atoms with Crippen LogP contribution in [-0.4, -0.2) is 39.3 Å². The Balaban J connectivity index is 1.74. The molecule has 0 bridgehead atoms. The highest BCUT2D eigenvalue weighted by Gasteiger charge is 2.35. The molecule has 32 heavy (non-hydrogen) atoms. The van der Waals surface area contributed by atoms with Crippen molar-refractivity contribution < 1.29 is 32.6 Å². The maximum absolute atomic E-state index is 13.1. The fraction of sp³-hybridized carbons (Fsp3) is 0.190. The molecule has 0 spiro atoms. The minimum absolute atomic E-state index is 0.0487. The summed E-state index contributed by atoms with van der Waals surface area (Å²) in [7, 11) is 0. The number of anilines is 1. The minimum Gasteiger partial charge on any atom is -0.504 e. The van der Waals surface area contributed by atoms with Crippen LogP contribution in [-0.2, 0) is 15.8 Å². The van der Waals surface area contributed by atoms with E-state index in [2.05, 4.69) is 5.32 Å². The van der Waals surface area contributed by atoms with E-state index in [1.54, 1.807) is 19.1 Å². The Bertz CT molecular complexity index is 1100. The summed E-state index contributed by atoms with van der Waals surface area (Å²) in [4.78, 5) is 26.3.